The molecule has 0 saturated heterocycles. The summed E-state index contributed by atoms with van der Waals surface area (Å²) < 4.78 is 5.98. The summed E-state index contributed by atoms with van der Waals surface area (Å²) >= 11 is 0. The highest BCUT2D eigenvalue weighted by Gasteiger charge is 2.24. The van der Waals surface area contributed by atoms with Gasteiger partial charge in [0.05, 0.1) is 23.5 Å². The summed E-state index contributed by atoms with van der Waals surface area (Å²) in [6.07, 6.45) is 1.16. The number of hydrogen-bond acceptors (Lipinski definition) is 6. The maximum atomic E-state index is 12.1. The fraction of sp³-hybridized carbons (Fsp3) is 0.462. The zero-order valence-electron chi connectivity index (χ0n) is 12.8. The lowest BCUT2D eigenvalue weighted by molar-refractivity contribution is -0.389. The van der Waals surface area contributed by atoms with E-state index in [0.29, 0.717) is 11.4 Å². The van der Waals surface area contributed by atoms with Gasteiger partial charge in [-0.05, 0) is 32.6 Å². The lowest BCUT2D eigenvalue weighted by Crippen LogP contribution is -2.31. The zero-order chi connectivity index (χ0) is 16.9. The van der Waals surface area contributed by atoms with Crippen LogP contribution in [0.15, 0.2) is 17.8 Å². The molecule has 0 saturated carbocycles. The Bertz CT molecular complexity index is 620. The van der Waals surface area contributed by atoms with Crippen molar-refractivity contribution >= 4 is 17.7 Å². The van der Waals surface area contributed by atoms with E-state index in [9.17, 15) is 19.7 Å². The van der Waals surface area contributed by atoms with Crippen molar-refractivity contribution in [3.8, 4) is 0 Å². The highest BCUT2D eigenvalue weighted by atomic mass is 16.6. The van der Waals surface area contributed by atoms with Crippen LogP contribution in [-0.2, 0) is 14.3 Å². The van der Waals surface area contributed by atoms with E-state index in [1.807, 2.05) is 0 Å². The van der Waals surface area contributed by atoms with Crippen LogP contribution < -0.4 is 5.32 Å². The van der Waals surface area contributed by atoms with E-state index in [2.05, 4.69) is 10.4 Å². The molecule has 1 aromatic heterocycles. The number of esters is 1. The summed E-state index contributed by atoms with van der Waals surface area (Å²) in [5, 5.41) is 17.0. The largest absolute Gasteiger partial charge is 0.463 e. The lowest BCUT2D eigenvalue weighted by Gasteiger charge is -2.11. The molecule has 1 amide bonds. The van der Waals surface area contributed by atoms with E-state index < -0.39 is 22.8 Å². The number of aryl methyl sites for hydroxylation is 1. The number of rotatable bonds is 6. The van der Waals surface area contributed by atoms with Crippen LogP contribution >= 0.6 is 0 Å². The topological polar surface area (TPSA) is 116 Å². The van der Waals surface area contributed by atoms with Crippen molar-refractivity contribution in [1.82, 2.24) is 15.1 Å². The van der Waals surface area contributed by atoms with Gasteiger partial charge in [0, 0.05) is 11.8 Å². The molecule has 1 heterocycles. The maximum absolute atomic E-state index is 12.1. The fourth-order valence-corrected chi connectivity index (χ4v) is 1.76. The molecule has 9 nitrogen and oxygen atoms in total. The number of hydrogen-bond donors (Lipinski definition) is 1. The molecule has 0 aliphatic rings. The van der Waals surface area contributed by atoms with Crippen molar-refractivity contribution in [2.24, 2.45) is 0 Å². The first kappa shape index (κ1) is 17.3. The molecule has 0 aliphatic carbocycles. The van der Waals surface area contributed by atoms with Gasteiger partial charge >= 0.3 is 11.8 Å². The van der Waals surface area contributed by atoms with Crippen LogP contribution in [0.1, 0.15) is 32.5 Å². The number of aromatic nitrogens is 2. The molecule has 0 spiro atoms. The predicted octanol–water partition coefficient (Wildman–Crippen LogP) is 1.24. The third-order valence-corrected chi connectivity index (χ3v) is 2.78. The molecule has 0 aliphatic heterocycles. The molecule has 1 aromatic rings. The minimum Gasteiger partial charge on any atom is -0.463 e. The molecule has 0 aromatic carbocycles. The normalized spacial score (nSPS) is 12.6. The van der Waals surface area contributed by atoms with Crippen molar-refractivity contribution < 1.29 is 19.2 Å². The Kier molecular flexibility index (Phi) is 5.79. The van der Waals surface area contributed by atoms with Crippen molar-refractivity contribution in [3.63, 3.8) is 0 Å². The average molecular weight is 310 g/mol. The lowest BCUT2D eigenvalue weighted by atomic mass is 10.3. The number of allylic oxidation sites excluding steroid dienone is 1. The number of nitrogens with one attached hydrogen (secondary N) is 1. The van der Waals surface area contributed by atoms with Crippen LogP contribution in [0.2, 0.25) is 0 Å². The van der Waals surface area contributed by atoms with Gasteiger partial charge in [-0.15, -0.1) is 0 Å². The Balaban J connectivity index is 2.81. The summed E-state index contributed by atoms with van der Waals surface area (Å²) in [4.78, 5) is 33.4. The maximum Gasteiger partial charge on any atom is 0.390 e. The van der Waals surface area contributed by atoms with Crippen LogP contribution in [0.5, 0.6) is 0 Å². The Hall–Kier alpha value is -2.71. The first-order valence-electron chi connectivity index (χ1n) is 6.62. The number of nitro groups is 1. The molecular formula is C13H18N4O5. The number of carbonyl (C=O) groups is 2. The van der Waals surface area contributed by atoms with Gasteiger partial charge in [0.25, 0.3) is 5.91 Å². The fourth-order valence-electron chi connectivity index (χ4n) is 1.76. The van der Waals surface area contributed by atoms with E-state index in [0.717, 1.165) is 6.08 Å². The highest BCUT2D eigenvalue weighted by molar-refractivity contribution is 5.86. The standard InChI is InChI=1S/C13H18N4O5/c1-5-22-12(18)6-8(2)14-13(19)10(4)16-9(3)7-11(15-16)17(20)21/h6-7,10H,5H2,1-4H3,(H,14,19)/b8-6+. The van der Waals surface area contributed by atoms with Gasteiger partial charge in [0.1, 0.15) is 6.04 Å². The van der Waals surface area contributed by atoms with Crippen LogP contribution in [0.25, 0.3) is 0 Å². The number of carbonyl (C=O) groups excluding carboxylic acids is 2. The second kappa shape index (κ2) is 7.34. The van der Waals surface area contributed by atoms with E-state index in [4.69, 9.17) is 4.74 Å². The number of nitrogens with zero attached hydrogens (tertiary/aromatic N) is 3. The molecule has 1 unspecified atom stereocenters. The number of amides is 1. The SMILES string of the molecule is CCOC(=O)/C=C(\C)NC(=O)C(C)n1nc([N+](=O)[O-])cc1C. The first-order valence-corrected chi connectivity index (χ1v) is 6.62. The summed E-state index contributed by atoms with van der Waals surface area (Å²) in [5.41, 5.74) is 0.802. The van der Waals surface area contributed by atoms with E-state index in [-0.39, 0.29) is 12.4 Å². The van der Waals surface area contributed by atoms with Gasteiger partial charge in [-0.3, -0.25) is 4.79 Å². The van der Waals surface area contributed by atoms with Gasteiger partial charge in [-0.1, -0.05) is 0 Å². The molecule has 22 heavy (non-hydrogen) atoms. The molecule has 120 valence electrons. The second-order valence-electron chi connectivity index (χ2n) is 4.59. The monoisotopic (exact) mass is 310 g/mol. The molecular weight excluding hydrogens is 292 g/mol. The predicted molar refractivity (Wildman–Crippen MR) is 76.9 cm³/mol. The van der Waals surface area contributed by atoms with Crippen LogP contribution in [0.4, 0.5) is 5.82 Å². The highest BCUT2D eigenvalue weighted by Crippen LogP contribution is 2.16. The Morgan fingerprint density at radius 1 is 1.59 bits per heavy atom. The minimum absolute atomic E-state index is 0.239. The molecule has 0 radical (unpaired) electrons. The molecule has 1 atom stereocenters. The summed E-state index contributed by atoms with van der Waals surface area (Å²) in [6.45, 7) is 6.62. The van der Waals surface area contributed by atoms with Gasteiger partial charge < -0.3 is 20.2 Å². The van der Waals surface area contributed by atoms with Crippen molar-refractivity contribution in [3.05, 3.63) is 33.6 Å². The van der Waals surface area contributed by atoms with Crippen LogP contribution in [-0.4, -0.2) is 33.2 Å². The van der Waals surface area contributed by atoms with Gasteiger partial charge in [-0.2, -0.15) is 4.68 Å². The van der Waals surface area contributed by atoms with Crippen LogP contribution in [0, 0.1) is 17.0 Å². The Labute approximate surface area is 127 Å². The Morgan fingerprint density at radius 2 is 2.23 bits per heavy atom. The molecule has 9 heteroatoms. The second-order valence-corrected chi connectivity index (χ2v) is 4.59. The first-order chi connectivity index (χ1) is 10.3. The van der Waals surface area contributed by atoms with Crippen molar-refractivity contribution in [2.45, 2.75) is 33.7 Å². The van der Waals surface area contributed by atoms with Gasteiger partial charge in [0.15, 0.2) is 0 Å². The molecule has 1 rings (SSSR count). The summed E-state index contributed by atoms with van der Waals surface area (Å²) in [5.74, 6) is -1.33. The van der Waals surface area contributed by atoms with E-state index in [1.165, 1.54) is 10.7 Å². The average Bonchev–Trinajstić information content (AvgIpc) is 2.80. The molecule has 0 bridgehead atoms. The van der Waals surface area contributed by atoms with Crippen molar-refractivity contribution in [1.29, 1.82) is 0 Å². The summed E-state index contributed by atoms with van der Waals surface area (Å²) in [7, 11) is 0. The summed E-state index contributed by atoms with van der Waals surface area (Å²) in [6, 6.07) is 0.518. The third-order valence-electron chi connectivity index (χ3n) is 2.78. The third kappa shape index (κ3) is 4.40. The quantitative estimate of drug-likeness (QED) is 0.366. The Morgan fingerprint density at radius 3 is 2.73 bits per heavy atom. The van der Waals surface area contributed by atoms with Crippen molar-refractivity contribution in [2.75, 3.05) is 6.61 Å². The van der Waals surface area contributed by atoms with Gasteiger partial charge in [0.2, 0.25) is 0 Å². The molecule has 0 fully saturated rings. The van der Waals surface area contributed by atoms with E-state index >= 15 is 0 Å². The molecule has 1 N–H and O–H groups in total. The van der Waals surface area contributed by atoms with E-state index in [1.54, 1.807) is 27.7 Å². The minimum atomic E-state index is -0.765. The zero-order valence-corrected chi connectivity index (χ0v) is 12.8. The smallest absolute Gasteiger partial charge is 0.390 e. The van der Waals surface area contributed by atoms with Gasteiger partial charge in [-0.25, -0.2) is 4.79 Å². The number of ether oxygens (including phenoxy) is 1. The van der Waals surface area contributed by atoms with Crippen LogP contribution in [0.3, 0.4) is 0 Å².